The van der Waals surface area contributed by atoms with Crippen LogP contribution in [0.4, 0.5) is 0 Å². The maximum atomic E-state index is 12.8. The van der Waals surface area contributed by atoms with Crippen molar-refractivity contribution in [3.63, 3.8) is 0 Å². The molecule has 0 aliphatic carbocycles. The van der Waals surface area contributed by atoms with Crippen LogP contribution in [-0.4, -0.2) is 37.2 Å². The van der Waals surface area contributed by atoms with Gasteiger partial charge in [0.2, 0.25) is 0 Å². The molecule has 0 spiro atoms. The Hall–Kier alpha value is -2.89. The van der Waals surface area contributed by atoms with Gasteiger partial charge in [0.1, 0.15) is 13.2 Å². The van der Waals surface area contributed by atoms with Crippen molar-refractivity contribution >= 4 is 17.9 Å². The minimum absolute atomic E-state index is 0.0793. The van der Waals surface area contributed by atoms with Crippen LogP contribution in [-0.2, 0) is 28.6 Å². The molecule has 0 aliphatic rings. The first-order chi connectivity index (χ1) is 31.0. The van der Waals surface area contributed by atoms with Gasteiger partial charge in [-0.2, -0.15) is 0 Å². The van der Waals surface area contributed by atoms with E-state index in [0.29, 0.717) is 19.3 Å². The number of unbranched alkanes of at least 4 members (excludes halogenated alkanes) is 27. The lowest BCUT2D eigenvalue weighted by atomic mass is 10.1. The normalized spacial score (nSPS) is 12.5. The minimum Gasteiger partial charge on any atom is -0.462 e. The van der Waals surface area contributed by atoms with Gasteiger partial charge in [-0.1, -0.05) is 223 Å². The van der Waals surface area contributed by atoms with Crippen LogP contribution in [0.5, 0.6) is 0 Å². The van der Waals surface area contributed by atoms with E-state index in [9.17, 15) is 14.4 Å². The first-order valence-corrected chi connectivity index (χ1v) is 26.8. The molecular weight excluding hydrogens is 781 g/mol. The summed E-state index contributed by atoms with van der Waals surface area (Å²) in [6.45, 7) is 6.49. The van der Waals surface area contributed by atoms with Crippen LogP contribution in [0.1, 0.15) is 265 Å². The lowest BCUT2D eigenvalue weighted by molar-refractivity contribution is -0.167. The average molecular weight is 881 g/mol. The van der Waals surface area contributed by atoms with E-state index in [1.54, 1.807) is 0 Å². The standard InChI is InChI=1S/C57H100O6/c1-4-7-10-13-16-19-21-23-25-27-29-31-32-34-36-38-41-44-47-50-56(59)62-53-54(52-61-55(58)49-46-43-40-18-15-12-9-6-3)63-57(60)51-48-45-42-39-37-35-33-30-28-26-24-22-20-17-14-11-8-5-2/h7,10,16,19,23,25-26,28-29,31,54H,4-6,8-9,11-15,17-18,20-22,24,27,30,32-53H2,1-3H3/b10-7-,19-16-,25-23-,28-26-,31-29-. The predicted octanol–water partition coefficient (Wildman–Crippen LogP) is 17.6. The van der Waals surface area contributed by atoms with Gasteiger partial charge in [0.25, 0.3) is 0 Å². The van der Waals surface area contributed by atoms with Gasteiger partial charge in [0.05, 0.1) is 0 Å². The van der Waals surface area contributed by atoms with Crippen LogP contribution >= 0.6 is 0 Å². The highest BCUT2D eigenvalue weighted by atomic mass is 16.6. The Morgan fingerprint density at radius 1 is 0.333 bits per heavy atom. The number of carbonyl (C=O) groups is 3. The molecule has 0 aliphatic heterocycles. The second kappa shape index (κ2) is 51.7. The molecule has 6 heteroatoms. The number of rotatable bonds is 48. The van der Waals surface area contributed by atoms with E-state index in [0.717, 1.165) is 89.9 Å². The number of allylic oxidation sites excluding steroid dienone is 10. The summed E-state index contributed by atoms with van der Waals surface area (Å²) in [5.41, 5.74) is 0. The third kappa shape index (κ3) is 50.0. The van der Waals surface area contributed by atoms with E-state index in [4.69, 9.17) is 14.2 Å². The van der Waals surface area contributed by atoms with Gasteiger partial charge < -0.3 is 14.2 Å². The SMILES string of the molecule is CC/C=C\C/C=C\C/C=C\C/C=C\CCCCCCCCC(=O)OCC(COC(=O)CCCCCCCCCC)OC(=O)CCCCCCCCC/C=C\CCCCCCCCC. The number of hydrogen-bond donors (Lipinski definition) is 0. The summed E-state index contributed by atoms with van der Waals surface area (Å²) < 4.78 is 16.8. The smallest absolute Gasteiger partial charge is 0.306 e. The van der Waals surface area contributed by atoms with Crippen LogP contribution in [0.15, 0.2) is 60.8 Å². The van der Waals surface area contributed by atoms with Crippen LogP contribution in [0, 0.1) is 0 Å². The first-order valence-electron chi connectivity index (χ1n) is 26.8. The van der Waals surface area contributed by atoms with E-state index < -0.39 is 6.10 Å². The monoisotopic (exact) mass is 881 g/mol. The number of esters is 3. The van der Waals surface area contributed by atoms with Gasteiger partial charge in [-0.3, -0.25) is 14.4 Å². The van der Waals surface area contributed by atoms with E-state index in [1.165, 1.54) is 135 Å². The Kier molecular flexibility index (Phi) is 49.4. The molecule has 0 aromatic heterocycles. The van der Waals surface area contributed by atoms with Crippen LogP contribution in [0.25, 0.3) is 0 Å². The van der Waals surface area contributed by atoms with Crippen molar-refractivity contribution in [2.75, 3.05) is 13.2 Å². The number of hydrogen-bond acceptors (Lipinski definition) is 6. The van der Waals surface area contributed by atoms with Crippen LogP contribution in [0.3, 0.4) is 0 Å². The highest BCUT2D eigenvalue weighted by Gasteiger charge is 2.19. The molecule has 6 nitrogen and oxygen atoms in total. The van der Waals surface area contributed by atoms with Crippen molar-refractivity contribution in [1.29, 1.82) is 0 Å². The highest BCUT2D eigenvalue weighted by Crippen LogP contribution is 2.15. The Morgan fingerprint density at radius 2 is 0.619 bits per heavy atom. The molecule has 0 rings (SSSR count). The van der Waals surface area contributed by atoms with E-state index >= 15 is 0 Å². The first kappa shape index (κ1) is 60.1. The molecule has 1 unspecified atom stereocenters. The summed E-state index contributed by atoms with van der Waals surface area (Å²) in [6.07, 6.45) is 63.6. The van der Waals surface area contributed by atoms with Crippen molar-refractivity contribution < 1.29 is 28.6 Å². The Balaban J connectivity index is 4.30. The van der Waals surface area contributed by atoms with E-state index in [2.05, 4.69) is 81.5 Å². The molecule has 0 aromatic carbocycles. The third-order valence-corrected chi connectivity index (χ3v) is 11.5. The molecule has 0 amide bonds. The molecule has 63 heavy (non-hydrogen) atoms. The third-order valence-electron chi connectivity index (χ3n) is 11.5. The lowest BCUT2D eigenvalue weighted by Crippen LogP contribution is -2.30. The van der Waals surface area contributed by atoms with Crippen molar-refractivity contribution in [2.24, 2.45) is 0 Å². The lowest BCUT2D eigenvalue weighted by Gasteiger charge is -2.18. The zero-order valence-corrected chi connectivity index (χ0v) is 41.6. The van der Waals surface area contributed by atoms with Gasteiger partial charge in [-0.05, 0) is 83.5 Å². The van der Waals surface area contributed by atoms with Crippen LogP contribution in [0.2, 0.25) is 0 Å². The van der Waals surface area contributed by atoms with Crippen molar-refractivity contribution in [3.05, 3.63) is 60.8 Å². The van der Waals surface area contributed by atoms with Crippen molar-refractivity contribution in [2.45, 2.75) is 271 Å². The maximum Gasteiger partial charge on any atom is 0.306 e. The fourth-order valence-corrected chi connectivity index (χ4v) is 7.49. The van der Waals surface area contributed by atoms with E-state index in [-0.39, 0.29) is 31.1 Å². The number of ether oxygens (including phenoxy) is 3. The summed E-state index contributed by atoms with van der Waals surface area (Å²) in [4.78, 5) is 37.9. The average Bonchev–Trinajstić information content (AvgIpc) is 3.28. The zero-order valence-electron chi connectivity index (χ0n) is 41.6. The molecule has 0 saturated carbocycles. The molecule has 0 fully saturated rings. The van der Waals surface area contributed by atoms with E-state index in [1.807, 2.05) is 0 Å². The second-order valence-corrected chi connectivity index (χ2v) is 17.8. The highest BCUT2D eigenvalue weighted by molar-refractivity contribution is 5.71. The van der Waals surface area contributed by atoms with Gasteiger partial charge in [-0.25, -0.2) is 0 Å². The molecule has 0 aromatic rings. The van der Waals surface area contributed by atoms with Crippen LogP contribution < -0.4 is 0 Å². The fourth-order valence-electron chi connectivity index (χ4n) is 7.49. The summed E-state index contributed by atoms with van der Waals surface area (Å²) >= 11 is 0. The molecule has 364 valence electrons. The van der Waals surface area contributed by atoms with Crippen molar-refractivity contribution in [1.82, 2.24) is 0 Å². The summed E-state index contributed by atoms with van der Waals surface area (Å²) in [5.74, 6) is -0.896. The number of carbonyl (C=O) groups excluding carboxylic acids is 3. The summed E-state index contributed by atoms with van der Waals surface area (Å²) in [6, 6.07) is 0. The van der Waals surface area contributed by atoms with Gasteiger partial charge in [-0.15, -0.1) is 0 Å². The molecule has 0 saturated heterocycles. The molecule has 0 radical (unpaired) electrons. The Labute approximate surface area is 390 Å². The molecular formula is C57H100O6. The van der Waals surface area contributed by atoms with Gasteiger partial charge >= 0.3 is 17.9 Å². The molecule has 1 atom stereocenters. The molecule has 0 heterocycles. The second-order valence-electron chi connectivity index (χ2n) is 17.8. The maximum absolute atomic E-state index is 12.8. The Bertz CT molecular complexity index is 1150. The Morgan fingerprint density at radius 3 is 0.984 bits per heavy atom. The largest absolute Gasteiger partial charge is 0.462 e. The molecule has 0 bridgehead atoms. The quantitative estimate of drug-likeness (QED) is 0.0262. The topological polar surface area (TPSA) is 78.9 Å². The summed E-state index contributed by atoms with van der Waals surface area (Å²) in [5, 5.41) is 0. The van der Waals surface area contributed by atoms with Gasteiger partial charge in [0.15, 0.2) is 6.10 Å². The zero-order chi connectivity index (χ0) is 45.8. The molecule has 0 N–H and O–H groups in total. The summed E-state index contributed by atoms with van der Waals surface area (Å²) in [7, 11) is 0. The fraction of sp³-hybridized carbons (Fsp3) is 0.772. The predicted molar refractivity (Wildman–Crippen MR) is 270 cm³/mol. The van der Waals surface area contributed by atoms with Crippen molar-refractivity contribution in [3.8, 4) is 0 Å². The van der Waals surface area contributed by atoms with Gasteiger partial charge in [0, 0.05) is 19.3 Å². The minimum atomic E-state index is -0.779.